The summed E-state index contributed by atoms with van der Waals surface area (Å²) in [4.78, 5) is 8.33. The van der Waals surface area contributed by atoms with Crippen molar-refractivity contribution < 1.29 is 4.39 Å². The van der Waals surface area contributed by atoms with E-state index in [2.05, 4.69) is 15.1 Å². The second-order valence-electron chi connectivity index (χ2n) is 5.23. The quantitative estimate of drug-likeness (QED) is 0.391. The smallest absolute Gasteiger partial charge is 0.158 e. The standard InChI is InChI=1S/C15H14FN5.C2H7N3.C2H6/c16-13-6-2-1-4-11(13)9-21-15-12(5-3-7-19-15)14(20-21)8-18-10-17;3-1-2(4)5;1-2/h1-8H,9-10,17H2;1,3H2,(H3,4,5);1-2H3/b18-8+;;. The number of aromatic nitrogens is 3. The van der Waals surface area contributed by atoms with Gasteiger partial charge in [0.1, 0.15) is 17.3 Å². The molecule has 0 fully saturated rings. The van der Waals surface area contributed by atoms with Gasteiger partial charge in [-0.3, -0.25) is 10.4 Å². The minimum Gasteiger partial charge on any atom is -0.387 e. The highest BCUT2D eigenvalue weighted by Crippen LogP contribution is 2.17. The predicted molar refractivity (Wildman–Crippen MR) is 112 cm³/mol. The van der Waals surface area contributed by atoms with Crippen molar-refractivity contribution in [3.63, 3.8) is 0 Å². The van der Waals surface area contributed by atoms with Crippen LogP contribution in [0.5, 0.6) is 0 Å². The van der Waals surface area contributed by atoms with Crippen LogP contribution in [0, 0.1) is 11.2 Å². The molecule has 7 N–H and O–H groups in total. The molecule has 8 nitrogen and oxygen atoms in total. The molecule has 0 bridgehead atoms. The second-order valence-corrected chi connectivity index (χ2v) is 5.23. The maximum atomic E-state index is 13.8. The summed E-state index contributed by atoms with van der Waals surface area (Å²) in [7, 11) is 0. The fraction of sp³-hybridized carbons (Fsp3) is 0.263. The molecule has 0 atom stereocenters. The van der Waals surface area contributed by atoms with Crippen molar-refractivity contribution in [2.24, 2.45) is 22.2 Å². The Morgan fingerprint density at radius 3 is 2.50 bits per heavy atom. The third-order valence-electron chi connectivity index (χ3n) is 3.35. The Morgan fingerprint density at radius 1 is 1.21 bits per heavy atom. The summed E-state index contributed by atoms with van der Waals surface area (Å²) in [5.74, 6) is -0.223. The zero-order chi connectivity index (χ0) is 20.9. The molecule has 28 heavy (non-hydrogen) atoms. The molecule has 9 heteroatoms. The molecule has 0 aliphatic carbocycles. The summed E-state index contributed by atoms with van der Waals surface area (Å²) < 4.78 is 15.5. The third-order valence-corrected chi connectivity index (χ3v) is 3.35. The van der Waals surface area contributed by atoms with E-state index in [0.29, 0.717) is 23.4 Å². The molecular weight excluding hydrogens is 359 g/mol. The van der Waals surface area contributed by atoms with Crippen LogP contribution >= 0.6 is 0 Å². The van der Waals surface area contributed by atoms with Crippen molar-refractivity contribution >= 4 is 23.1 Å². The van der Waals surface area contributed by atoms with Crippen molar-refractivity contribution in [1.82, 2.24) is 14.8 Å². The van der Waals surface area contributed by atoms with E-state index in [1.165, 1.54) is 6.07 Å². The normalized spacial score (nSPS) is 10.2. The van der Waals surface area contributed by atoms with Crippen LogP contribution in [0.4, 0.5) is 4.39 Å². The number of rotatable bonds is 5. The summed E-state index contributed by atoms with van der Waals surface area (Å²) in [6, 6.07) is 10.4. The monoisotopic (exact) mass is 386 g/mol. The number of nitrogens with one attached hydrogen (secondary N) is 1. The number of nitrogens with two attached hydrogens (primary N) is 3. The Bertz CT molecular complexity index is 904. The van der Waals surface area contributed by atoms with Gasteiger partial charge in [0.15, 0.2) is 5.65 Å². The van der Waals surface area contributed by atoms with Crippen molar-refractivity contribution in [3.05, 3.63) is 59.7 Å². The maximum absolute atomic E-state index is 13.8. The zero-order valence-corrected chi connectivity index (χ0v) is 16.1. The number of nitrogens with zero attached hydrogens (tertiary/aromatic N) is 4. The first-order chi connectivity index (χ1) is 13.6. The molecule has 0 radical (unpaired) electrons. The molecule has 0 saturated heterocycles. The highest BCUT2D eigenvalue weighted by atomic mass is 19.1. The Hall–Kier alpha value is -3.17. The number of aliphatic imine (C=N–C) groups is 1. The molecule has 0 unspecified atom stereocenters. The Balaban J connectivity index is 0.000000490. The molecule has 0 spiro atoms. The fourth-order valence-corrected chi connectivity index (χ4v) is 2.17. The van der Waals surface area contributed by atoms with Crippen LogP contribution in [0.15, 0.2) is 47.6 Å². The molecular formula is C19H27FN8. The number of benzene rings is 1. The van der Waals surface area contributed by atoms with Crippen molar-refractivity contribution in [2.75, 3.05) is 13.2 Å². The third kappa shape index (κ3) is 6.53. The number of hydrogen-bond donors (Lipinski definition) is 4. The molecule has 3 rings (SSSR count). The van der Waals surface area contributed by atoms with Gasteiger partial charge in [-0.1, -0.05) is 32.0 Å². The molecule has 3 aromatic rings. The lowest BCUT2D eigenvalue weighted by atomic mass is 10.2. The predicted octanol–water partition coefficient (Wildman–Crippen LogP) is 1.86. The number of halogens is 1. The highest BCUT2D eigenvalue weighted by Gasteiger charge is 2.11. The first-order valence-corrected chi connectivity index (χ1v) is 8.84. The van der Waals surface area contributed by atoms with Crippen LogP contribution in [-0.2, 0) is 6.54 Å². The molecule has 2 aromatic heterocycles. The van der Waals surface area contributed by atoms with Crippen LogP contribution < -0.4 is 17.2 Å². The van der Waals surface area contributed by atoms with Gasteiger partial charge in [0.05, 0.1) is 26.0 Å². The lowest BCUT2D eigenvalue weighted by Gasteiger charge is -2.04. The largest absolute Gasteiger partial charge is 0.387 e. The number of fused-ring (bicyclic) bond motifs is 1. The van der Waals surface area contributed by atoms with E-state index in [4.69, 9.17) is 22.6 Å². The van der Waals surface area contributed by atoms with Gasteiger partial charge >= 0.3 is 0 Å². The maximum Gasteiger partial charge on any atom is 0.158 e. The topological polar surface area (TPSA) is 145 Å². The van der Waals surface area contributed by atoms with Gasteiger partial charge in [0.25, 0.3) is 0 Å². The van der Waals surface area contributed by atoms with Gasteiger partial charge in [0.2, 0.25) is 0 Å². The fourth-order valence-electron chi connectivity index (χ4n) is 2.17. The van der Waals surface area contributed by atoms with Gasteiger partial charge in [-0.15, -0.1) is 0 Å². The van der Waals surface area contributed by atoms with E-state index in [1.807, 2.05) is 26.0 Å². The molecule has 150 valence electrons. The van der Waals surface area contributed by atoms with Gasteiger partial charge in [-0.25, -0.2) is 14.1 Å². The first kappa shape index (κ1) is 22.9. The van der Waals surface area contributed by atoms with Gasteiger partial charge in [-0.2, -0.15) is 5.10 Å². The molecule has 2 heterocycles. The summed E-state index contributed by atoms with van der Waals surface area (Å²) >= 11 is 0. The summed E-state index contributed by atoms with van der Waals surface area (Å²) in [6.45, 7) is 4.68. The molecule has 0 aliphatic rings. The van der Waals surface area contributed by atoms with Crippen LogP contribution in [0.3, 0.4) is 0 Å². The van der Waals surface area contributed by atoms with E-state index < -0.39 is 0 Å². The van der Waals surface area contributed by atoms with E-state index in [1.54, 1.807) is 35.3 Å². The SMILES string of the molecule is CC.N=C(N)CN.NC/N=C/c1nn(Cc2ccccc2F)c2ncccc12. The first-order valence-electron chi connectivity index (χ1n) is 8.84. The molecule has 0 saturated carbocycles. The van der Waals surface area contributed by atoms with Crippen molar-refractivity contribution in [2.45, 2.75) is 20.4 Å². The summed E-state index contributed by atoms with van der Waals surface area (Å²) in [5, 5.41) is 11.7. The second kappa shape index (κ2) is 12.3. The molecule has 0 aliphatic heterocycles. The highest BCUT2D eigenvalue weighted by molar-refractivity contribution is 5.95. The van der Waals surface area contributed by atoms with Gasteiger partial charge in [-0.05, 0) is 18.2 Å². The van der Waals surface area contributed by atoms with Gasteiger partial charge < -0.3 is 17.2 Å². The Labute approximate surface area is 163 Å². The van der Waals surface area contributed by atoms with Crippen LogP contribution in [0.2, 0.25) is 0 Å². The van der Waals surface area contributed by atoms with E-state index >= 15 is 0 Å². The average Bonchev–Trinajstić information content (AvgIpc) is 3.08. The molecule has 1 aromatic carbocycles. The number of amidine groups is 1. The Kier molecular flexibility index (Phi) is 10.0. The average molecular weight is 386 g/mol. The summed E-state index contributed by atoms with van der Waals surface area (Å²) in [6.07, 6.45) is 3.30. The Morgan fingerprint density at radius 2 is 1.89 bits per heavy atom. The van der Waals surface area contributed by atoms with Crippen molar-refractivity contribution in [1.29, 1.82) is 5.41 Å². The summed E-state index contributed by atoms with van der Waals surface area (Å²) in [5.41, 5.74) is 16.9. The minimum atomic E-state index is -0.255. The van der Waals surface area contributed by atoms with Gasteiger partial charge in [0, 0.05) is 17.1 Å². The van der Waals surface area contributed by atoms with Crippen molar-refractivity contribution in [3.8, 4) is 0 Å². The van der Waals surface area contributed by atoms with Crippen LogP contribution in [0.1, 0.15) is 25.1 Å². The van der Waals surface area contributed by atoms with Crippen LogP contribution in [-0.4, -0.2) is 40.0 Å². The molecule has 0 amide bonds. The lowest BCUT2D eigenvalue weighted by molar-refractivity contribution is 0.589. The number of hydrogen-bond acceptors (Lipinski definition) is 6. The van der Waals surface area contributed by atoms with E-state index in [9.17, 15) is 4.39 Å². The number of pyridine rings is 1. The zero-order valence-electron chi connectivity index (χ0n) is 16.1. The lowest BCUT2D eigenvalue weighted by Crippen LogP contribution is -2.20. The van der Waals surface area contributed by atoms with E-state index in [0.717, 1.165) is 5.39 Å². The van der Waals surface area contributed by atoms with Crippen LogP contribution in [0.25, 0.3) is 11.0 Å². The van der Waals surface area contributed by atoms with E-state index in [-0.39, 0.29) is 24.9 Å². The minimum absolute atomic E-state index is 0.0324.